The molecule has 0 aliphatic rings. The molecule has 0 aliphatic heterocycles. The molecule has 0 radical (unpaired) electrons. The molecule has 7 nitrogen and oxygen atoms in total. The highest BCUT2D eigenvalue weighted by Gasteiger charge is 2.13. The van der Waals surface area contributed by atoms with Crippen molar-refractivity contribution in [2.24, 2.45) is 0 Å². The van der Waals surface area contributed by atoms with Crippen LogP contribution in [0.5, 0.6) is 5.75 Å². The van der Waals surface area contributed by atoms with E-state index >= 15 is 0 Å². The van der Waals surface area contributed by atoms with Gasteiger partial charge in [0.25, 0.3) is 5.91 Å². The fourth-order valence-corrected chi connectivity index (χ4v) is 3.71. The summed E-state index contributed by atoms with van der Waals surface area (Å²) in [5.74, 6) is 0.993. The number of halogens is 1. The molecule has 2 heterocycles. The molecule has 2 aromatic heterocycles. The second-order valence-corrected chi connectivity index (χ2v) is 7.10. The number of hydrogen-bond acceptors (Lipinski definition) is 6. The first-order chi connectivity index (χ1) is 13.0. The van der Waals surface area contributed by atoms with Crippen molar-refractivity contribution in [2.75, 3.05) is 12.4 Å². The van der Waals surface area contributed by atoms with Crippen molar-refractivity contribution in [3.8, 4) is 16.3 Å². The van der Waals surface area contributed by atoms with Gasteiger partial charge in [0.2, 0.25) is 4.96 Å². The van der Waals surface area contributed by atoms with E-state index in [0.29, 0.717) is 22.0 Å². The van der Waals surface area contributed by atoms with Crippen LogP contribution in [0.4, 0.5) is 5.69 Å². The van der Waals surface area contributed by atoms with Gasteiger partial charge in [0.1, 0.15) is 10.8 Å². The fourth-order valence-electron chi connectivity index (χ4n) is 2.57. The zero-order valence-electron chi connectivity index (χ0n) is 14.4. The van der Waals surface area contributed by atoms with E-state index in [1.165, 1.54) is 18.4 Å². The van der Waals surface area contributed by atoms with Gasteiger partial charge in [-0.1, -0.05) is 35.1 Å². The largest absolute Gasteiger partial charge is 0.495 e. The summed E-state index contributed by atoms with van der Waals surface area (Å²) in [7, 11) is 1.53. The summed E-state index contributed by atoms with van der Waals surface area (Å²) >= 11 is 7.53. The molecular formula is C18H14ClN5O2S. The van der Waals surface area contributed by atoms with Crippen molar-refractivity contribution in [2.45, 2.75) is 6.92 Å². The first-order valence-electron chi connectivity index (χ1n) is 7.99. The van der Waals surface area contributed by atoms with Crippen LogP contribution < -0.4 is 10.1 Å². The summed E-state index contributed by atoms with van der Waals surface area (Å²) < 4.78 is 6.81. The lowest BCUT2D eigenvalue weighted by Crippen LogP contribution is -2.11. The molecule has 0 unspecified atom stereocenters. The van der Waals surface area contributed by atoms with E-state index in [9.17, 15) is 4.79 Å². The van der Waals surface area contributed by atoms with Crippen LogP contribution in [0.15, 0.2) is 42.5 Å². The van der Waals surface area contributed by atoms with E-state index in [4.69, 9.17) is 16.3 Å². The number of aryl methyl sites for hydroxylation is 1. The van der Waals surface area contributed by atoms with Crippen molar-refractivity contribution in [1.82, 2.24) is 19.8 Å². The molecule has 2 aromatic carbocycles. The third kappa shape index (κ3) is 3.36. The monoisotopic (exact) mass is 399 g/mol. The van der Waals surface area contributed by atoms with Crippen molar-refractivity contribution in [1.29, 1.82) is 0 Å². The zero-order chi connectivity index (χ0) is 19.0. The van der Waals surface area contributed by atoms with Gasteiger partial charge in [0.05, 0.1) is 12.1 Å². The molecule has 0 spiro atoms. The quantitative estimate of drug-likeness (QED) is 0.559. The van der Waals surface area contributed by atoms with Gasteiger partial charge in [0.15, 0.2) is 5.82 Å². The van der Waals surface area contributed by atoms with Crippen LogP contribution >= 0.6 is 22.9 Å². The summed E-state index contributed by atoms with van der Waals surface area (Å²) in [5.41, 5.74) is 1.99. The Balaban J connectivity index is 1.58. The summed E-state index contributed by atoms with van der Waals surface area (Å²) in [5, 5.41) is 16.6. The van der Waals surface area contributed by atoms with Gasteiger partial charge in [-0.25, -0.2) is 0 Å². The number of benzene rings is 2. The Bertz CT molecular complexity index is 1150. The lowest BCUT2D eigenvalue weighted by atomic mass is 10.1. The Kier molecular flexibility index (Phi) is 4.51. The van der Waals surface area contributed by atoms with Gasteiger partial charge in [-0.2, -0.15) is 9.61 Å². The normalized spacial score (nSPS) is 10.9. The minimum atomic E-state index is -0.259. The zero-order valence-corrected chi connectivity index (χ0v) is 16.0. The van der Waals surface area contributed by atoms with Crippen molar-refractivity contribution >= 4 is 39.5 Å². The second-order valence-electron chi connectivity index (χ2n) is 5.73. The number of rotatable bonds is 4. The number of amides is 1. The van der Waals surface area contributed by atoms with Crippen molar-refractivity contribution < 1.29 is 9.53 Å². The molecule has 4 rings (SSSR count). The number of anilines is 1. The predicted molar refractivity (Wildman–Crippen MR) is 105 cm³/mol. The fraction of sp³-hybridized carbons (Fsp3) is 0.111. The molecule has 0 atom stereocenters. The average molecular weight is 400 g/mol. The van der Waals surface area contributed by atoms with Crippen LogP contribution in [0.1, 0.15) is 16.2 Å². The Morgan fingerprint density at radius 3 is 2.81 bits per heavy atom. The molecule has 1 N–H and O–H groups in total. The number of fused-ring (bicyclic) bond motifs is 1. The number of carbonyl (C=O) groups excluding carboxylic acids is 1. The highest BCUT2D eigenvalue weighted by atomic mass is 35.5. The number of nitrogens with one attached hydrogen (secondary N) is 1. The smallest absolute Gasteiger partial charge is 0.255 e. The topological polar surface area (TPSA) is 81.4 Å². The molecule has 0 fully saturated rings. The van der Waals surface area contributed by atoms with E-state index in [1.54, 1.807) is 22.7 Å². The molecule has 1 amide bonds. The lowest BCUT2D eigenvalue weighted by molar-refractivity contribution is 0.102. The second kappa shape index (κ2) is 6.98. The minimum Gasteiger partial charge on any atom is -0.495 e. The number of hydrogen-bond donors (Lipinski definition) is 1. The molecule has 9 heteroatoms. The van der Waals surface area contributed by atoms with Gasteiger partial charge in [-0.3, -0.25) is 4.79 Å². The van der Waals surface area contributed by atoms with Crippen LogP contribution in [0.2, 0.25) is 5.02 Å². The standard InChI is InChI=1S/C18H14ClN5O2S/c1-10-21-22-18-24(10)23-17(27-18)12-4-3-5-13(8-12)20-16(25)11-6-7-15(26-2)14(19)9-11/h3-9H,1-2H3,(H,20,25). The minimum absolute atomic E-state index is 0.259. The molecular weight excluding hydrogens is 386 g/mol. The summed E-state index contributed by atoms with van der Waals surface area (Å²) in [6.45, 7) is 1.85. The van der Waals surface area contributed by atoms with Crippen LogP contribution in [0.3, 0.4) is 0 Å². The number of aromatic nitrogens is 4. The van der Waals surface area contributed by atoms with E-state index in [-0.39, 0.29) is 5.91 Å². The highest BCUT2D eigenvalue weighted by molar-refractivity contribution is 7.19. The van der Waals surface area contributed by atoms with Gasteiger partial charge < -0.3 is 10.1 Å². The first kappa shape index (κ1) is 17.4. The van der Waals surface area contributed by atoms with E-state index < -0.39 is 0 Å². The van der Waals surface area contributed by atoms with E-state index in [0.717, 1.165) is 21.4 Å². The summed E-state index contributed by atoms with van der Waals surface area (Å²) in [4.78, 5) is 13.2. The summed E-state index contributed by atoms with van der Waals surface area (Å²) in [6.07, 6.45) is 0. The highest BCUT2D eigenvalue weighted by Crippen LogP contribution is 2.28. The molecule has 0 saturated carbocycles. The van der Waals surface area contributed by atoms with Crippen LogP contribution in [-0.4, -0.2) is 32.8 Å². The molecule has 27 heavy (non-hydrogen) atoms. The Morgan fingerprint density at radius 1 is 1.22 bits per heavy atom. The van der Waals surface area contributed by atoms with Gasteiger partial charge in [0, 0.05) is 16.8 Å². The predicted octanol–water partition coefficient (Wildman–Crippen LogP) is 4.08. The van der Waals surface area contributed by atoms with E-state index in [2.05, 4.69) is 20.6 Å². The Morgan fingerprint density at radius 2 is 2.07 bits per heavy atom. The van der Waals surface area contributed by atoms with E-state index in [1.807, 2.05) is 31.2 Å². The summed E-state index contributed by atoms with van der Waals surface area (Å²) in [6, 6.07) is 12.4. The maximum atomic E-state index is 12.5. The Labute approximate surface area is 163 Å². The molecule has 0 bridgehead atoms. The number of methoxy groups -OCH3 is 1. The van der Waals surface area contributed by atoms with Crippen molar-refractivity contribution in [3.05, 3.63) is 58.9 Å². The third-order valence-corrected chi connectivity index (χ3v) is 5.17. The maximum Gasteiger partial charge on any atom is 0.255 e. The SMILES string of the molecule is COc1ccc(C(=O)Nc2cccc(-c3nn4c(C)nnc4s3)c2)cc1Cl. The number of nitrogens with zero attached hydrogens (tertiary/aromatic N) is 4. The van der Waals surface area contributed by atoms with Crippen molar-refractivity contribution in [3.63, 3.8) is 0 Å². The molecule has 0 aliphatic carbocycles. The molecule has 0 saturated heterocycles. The first-order valence-corrected chi connectivity index (χ1v) is 9.19. The van der Waals surface area contributed by atoms with Gasteiger partial charge in [-0.05, 0) is 37.3 Å². The molecule has 136 valence electrons. The van der Waals surface area contributed by atoms with Gasteiger partial charge in [-0.15, -0.1) is 10.2 Å². The molecule has 4 aromatic rings. The van der Waals surface area contributed by atoms with Gasteiger partial charge >= 0.3 is 0 Å². The Hall–Kier alpha value is -2.97. The number of carbonyl (C=O) groups is 1. The van der Waals surface area contributed by atoms with Crippen LogP contribution in [0.25, 0.3) is 15.5 Å². The van der Waals surface area contributed by atoms with Crippen LogP contribution in [-0.2, 0) is 0 Å². The van der Waals surface area contributed by atoms with Crippen LogP contribution in [0, 0.1) is 6.92 Å². The average Bonchev–Trinajstić information content (AvgIpc) is 3.24. The lowest BCUT2D eigenvalue weighted by Gasteiger charge is -2.08. The maximum absolute atomic E-state index is 12.5. The third-order valence-electron chi connectivity index (χ3n) is 3.93. The number of ether oxygens (including phenoxy) is 1.